The summed E-state index contributed by atoms with van der Waals surface area (Å²) in [7, 11) is 0. The number of likely N-dealkylation sites (tertiary alicyclic amines) is 2. The third kappa shape index (κ3) is 6.16. The second-order valence-corrected chi connectivity index (χ2v) is 14.9. The lowest BCUT2D eigenvalue weighted by Crippen LogP contribution is -2.30. The van der Waals surface area contributed by atoms with Crippen LogP contribution in [0.25, 0.3) is 0 Å². The van der Waals surface area contributed by atoms with Crippen molar-refractivity contribution in [2.45, 2.75) is 50.6 Å². The number of hydrogen-bond acceptors (Lipinski definition) is 4. The van der Waals surface area contributed by atoms with Gasteiger partial charge in [-0.1, -0.05) is 107 Å². The van der Waals surface area contributed by atoms with Crippen molar-refractivity contribution in [1.29, 1.82) is 0 Å². The van der Waals surface area contributed by atoms with Gasteiger partial charge in [0.05, 0.1) is 23.9 Å². The zero-order valence-electron chi connectivity index (χ0n) is 25.7. The van der Waals surface area contributed by atoms with Crippen molar-refractivity contribution in [1.82, 2.24) is 9.80 Å². The lowest BCUT2D eigenvalue weighted by molar-refractivity contribution is -0.142. The molecule has 4 amide bonds. The molecule has 4 fully saturated rings. The van der Waals surface area contributed by atoms with Crippen LogP contribution in [-0.2, 0) is 32.3 Å². The second kappa shape index (κ2) is 12.6. The summed E-state index contributed by atoms with van der Waals surface area (Å²) in [6.45, 7) is 0.673. The number of hydrogen-bond donors (Lipinski definition) is 0. The molecule has 4 aliphatic rings. The van der Waals surface area contributed by atoms with Crippen molar-refractivity contribution >= 4 is 70.0 Å². The molecule has 0 radical (unpaired) electrons. The summed E-state index contributed by atoms with van der Waals surface area (Å²) in [5.74, 6) is -0.300. The van der Waals surface area contributed by atoms with Crippen molar-refractivity contribution in [2.75, 3.05) is 0 Å². The summed E-state index contributed by atoms with van der Waals surface area (Å²) in [4.78, 5) is 53.4. The van der Waals surface area contributed by atoms with Crippen molar-refractivity contribution in [3.05, 3.63) is 139 Å². The van der Waals surface area contributed by atoms with Gasteiger partial charge in [0.25, 0.3) is 0 Å². The van der Waals surface area contributed by atoms with E-state index in [2.05, 4.69) is 0 Å². The van der Waals surface area contributed by atoms with Crippen LogP contribution in [0, 0.1) is 10.8 Å². The number of imide groups is 2. The van der Waals surface area contributed by atoms with Crippen LogP contribution >= 0.6 is 46.4 Å². The zero-order valence-corrected chi connectivity index (χ0v) is 28.7. The lowest BCUT2D eigenvalue weighted by Gasteiger charge is -2.15. The van der Waals surface area contributed by atoms with Gasteiger partial charge in [-0.05, 0) is 71.5 Å². The van der Waals surface area contributed by atoms with Crippen LogP contribution in [0.1, 0.15) is 59.8 Å². The van der Waals surface area contributed by atoms with E-state index >= 15 is 0 Å². The van der Waals surface area contributed by atoms with Crippen LogP contribution in [0.4, 0.5) is 0 Å². The lowest BCUT2D eigenvalue weighted by atomic mass is 9.97. The Kier molecular flexibility index (Phi) is 8.66. The van der Waals surface area contributed by atoms with Crippen LogP contribution in [-0.4, -0.2) is 33.4 Å². The molecule has 4 aromatic carbocycles. The number of benzene rings is 4. The van der Waals surface area contributed by atoms with Crippen molar-refractivity contribution in [3.8, 4) is 0 Å². The Bertz CT molecular complexity index is 1770. The molecule has 8 rings (SSSR count). The first-order chi connectivity index (χ1) is 23.0. The average Bonchev–Trinajstić information content (AvgIpc) is 3.93. The molecule has 1 unspecified atom stereocenters. The molecule has 0 bridgehead atoms. The van der Waals surface area contributed by atoms with Gasteiger partial charge in [-0.15, -0.1) is 0 Å². The van der Waals surface area contributed by atoms with Gasteiger partial charge < -0.3 is 0 Å². The number of carbonyl (C=O) groups excluding carboxylic acids is 4. The predicted octanol–water partition coefficient (Wildman–Crippen LogP) is 8.85. The number of nitrogens with zero attached hydrogens (tertiary/aromatic N) is 2. The van der Waals surface area contributed by atoms with Crippen LogP contribution < -0.4 is 0 Å². The van der Waals surface area contributed by atoms with Crippen molar-refractivity contribution < 1.29 is 19.2 Å². The van der Waals surface area contributed by atoms with Gasteiger partial charge in [0.15, 0.2) is 0 Å². The summed E-state index contributed by atoms with van der Waals surface area (Å²) in [6, 6.07) is 29.8. The number of carbonyl (C=O) groups is 4. The molecule has 244 valence electrons. The van der Waals surface area contributed by atoms with Gasteiger partial charge in [0.1, 0.15) is 0 Å². The third-order valence-corrected chi connectivity index (χ3v) is 10.8. The smallest absolute Gasteiger partial charge is 0.236 e. The fourth-order valence-corrected chi connectivity index (χ4v) is 8.48. The maximum atomic E-state index is 12.9. The molecule has 0 aromatic heterocycles. The highest BCUT2D eigenvalue weighted by Crippen LogP contribution is 2.66. The molecule has 2 aliphatic carbocycles. The first-order valence-electron chi connectivity index (χ1n) is 15.7. The standard InChI is InChI=1S/2C19H15Cl2NO2/c2*20-14-6-13(7-15(21)8-14)16-9-19(16)10-17(23)22(18(19)24)11-12-4-2-1-3-5-12/h2*1-8,16H,9-11H2/t16-,19?;16-,19+/m01/s1. The summed E-state index contributed by atoms with van der Waals surface area (Å²) < 4.78 is 0. The molecule has 6 nitrogen and oxygen atoms in total. The highest BCUT2D eigenvalue weighted by atomic mass is 35.5. The molecule has 10 heteroatoms. The molecular weight excluding hydrogens is 690 g/mol. The fourth-order valence-electron chi connectivity index (χ4n) is 7.40. The van der Waals surface area contributed by atoms with E-state index in [1.54, 1.807) is 12.1 Å². The number of halogens is 4. The van der Waals surface area contributed by atoms with E-state index in [1.165, 1.54) is 9.80 Å². The van der Waals surface area contributed by atoms with Gasteiger partial charge in [-0.3, -0.25) is 29.0 Å². The Morgan fingerprint density at radius 2 is 0.854 bits per heavy atom. The highest BCUT2D eigenvalue weighted by Gasteiger charge is 2.68. The Hall–Kier alpha value is -3.68. The Morgan fingerprint density at radius 1 is 0.521 bits per heavy atom. The summed E-state index contributed by atoms with van der Waals surface area (Å²) in [5, 5.41) is 2.21. The highest BCUT2D eigenvalue weighted by molar-refractivity contribution is 6.35. The first kappa shape index (κ1) is 32.8. The minimum Gasteiger partial charge on any atom is -0.278 e. The Labute approximate surface area is 298 Å². The maximum Gasteiger partial charge on any atom is 0.236 e. The predicted molar refractivity (Wildman–Crippen MR) is 186 cm³/mol. The molecule has 48 heavy (non-hydrogen) atoms. The molecular formula is C38H30Cl4N2O4. The van der Waals surface area contributed by atoms with Crippen molar-refractivity contribution in [3.63, 3.8) is 0 Å². The van der Waals surface area contributed by atoms with Gasteiger partial charge in [-0.25, -0.2) is 0 Å². The maximum absolute atomic E-state index is 12.9. The average molecular weight is 720 g/mol. The fraction of sp³-hybridized carbons (Fsp3) is 0.263. The van der Waals surface area contributed by atoms with E-state index in [0.717, 1.165) is 22.3 Å². The molecule has 2 saturated carbocycles. The molecule has 2 heterocycles. The van der Waals surface area contributed by atoms with Crippen molar-refractivity contribution in [2.24, 2.45) is 10.8 Å². The van der Waals surface area contributed by atoms with E-state index in [1.807, 2.05) is 84.9 Å². The normalized spacial score (nSPS) is 25.6. The summed E-state index contributed by atoms with van der Waals surface area (Å²) in [5.41, 5.74) is 2.60. The Morgan fingerprint density at radius 3 is 1.19 bits per heavy atom. The molecule has 4 aromatic rings. The quantitative estimate of drug-likeness (QED) is 0.187. The summed E-state index contributed by atoms with van der Waals surface area (Å²) >= 11 is 24.3. The monoisotopic (exact) mass is 718 g/mol. The van der Waals surface area contributed by atoms with E-state index in [0.29, 0.717) is 46.0 Å². The molecule has 2 spiro atoms. The van der Waals surface area contributed by atoms with Gasteiger partial charge in [0.2, 0.25) is 23.6 Å². The van der Waals surface area contributed by atoms with Gasteiger partial charge in [-0.2, -0.15) is 0 Å². The van der Waals surface area contributed by atoms with Crippen LogP contribution in [0.2, 0.25) is 20.1 Å². The van der Waals surface area contributed by atoms with Crippen LogP contribution in [0.5, 0.6) is 0 Å². The van der Waals surface area contributed by atoms with E-state index in [-0.39, 0.29) is 48.3 Å². The second-order valence-electron chi connectivity index (χ2n) is 13.1. The topological polar surface area (TPSA) is 74.8 Å². The zero-order chi connectivity index (χ0) is 33.8. The SMILES string of the molecule is O=C1CC2(C[C@H]2c2cc(Cl)cc(Cl)c2)C(=O)N1Cc1ccccc1.O=C1C[C@]2(C[C@@H]2c2cc(Cl)cc(Cl)c2)C(=O)N1Cc1ccccc1. The molecule has 2 saturated heterocycles. The number of amides is 4. The Balaban J connectivity index is 0.000000152. The van der Waals surface area contributed by atoms with E-state index in [4.69, 9.17) is 46.4 Å². The summed E-state index contributed by atoms with van der Waals surface area (Å²) in [6.07, 6.45) is 1.90. The van der Waals surface area contributed by atoms with Gasteiger partial charge >= 0.3 is 0 Å². The third-order valence-electron chi connectivity index (χ3n) is 9.97. The minimum atomic E-state index is -0.597. The molecule has 4 atom stereocenters. The number of rotatable bonds is 6. The minimum absolute atomic E-state index is 0.0194. The first-order valence-corrected chi connectivity index (χ1v) is 17.2. The van der Waals surface area contributed by atoms with Crippen LogP contribution in [0.3, 0.4) is 0 Å². The molecule has 0 N–H and O–H groups in total. The van der Waals surface area contributed by atoms with E-state index < -0.39 is 10.8 Å². The largest absolute Gasteiger partial charge is 0.278 e. The van der Waals surface area contributed by atoms with Gasteiger partial charge in [0, 0.05) is 44.8 Å². The van der Waals surface area contributed by atoms with E-state index in [9.17, 15) is 19.2 Å². The molecule has 2 aliphatic heterocycles. The van der Waals surface area contributed by atoms with Crippen LogP contribution in [0.15, 0.2) is 97.1 Å².